The fraction of sp³-hybridized carbons (Fsp3) is 0.818. The van der Waals surface area contributed by atoms with Crippen LogP contribution in [0, 0.1) is 0 Å². The summed E-state index contributed by atoms with van der Waals surface area (Å²) in [6.45, 7) is 1.87. The zero-order chi connectivity index (χ0) is 14.5. The van der Waals surface area contributed by atoms with Gasteiger partial charge in [0.1, 0.15) is 14.7 Å². The summed E-state index contributed by atoms with van der Waals surface area (Å²) in [7, 11) is 0. The van der Waals surface area contributed by atoms with Gasteiger partial charge >= 0.3 is 0 Å². The van der Waals surface area contributed by atoms with E-state index in [0.717, 1.165) is 19.4 Å². The molecule has 5 nitrogen and oxygen atoms in total. The fourth-order valence-electron chi connectivity index (χ4n) is 2.50. The molecule has 0 saturated carbocycles. The Hall–Kier alpha value is 0.360. The number of hydrogen-bond acceptors (Lipinski definition) is 5. The number of thiol groups is 2. The standard InChI is InChI=1S/C11H18N2O3S4/c17-10(18)12-7(6-2-1-3-14-6)8(13-11(19)20)9-15-4-5-16-9/h6-9H,1-5H2,(H2,12,17,18)(H2,13,19,20). The molecular formula is C11H18N2O3S4. The lowest BCUT2D eigenvalue weighted by Crippen LogP contribution is -2.60. The largest absolute Gasteiger partial charge is 0.376 e. The van der Waals surface area contributed by atoms with Gasteiger partial charge in [0.25, 0.3) is 0 Å². The van der Waals surface area contributed by atoms with Gasteiger partial charge in [0, 0.05) is 6.61 Å². The van der Waals surface area contributed by atoms with Gasteiger partial charge in [-0.25, -0.2) is 0 Å². The van der Waals surface area contributed by atoms with Crippen molar-refractivity contribution >= 4 is 58.3 Å². The van der Waals surface area contributed by atoms with Crippen molar-refractivity contribution in [1.29, 1.82) is 0 Å². The highest BCUT2D eigenvalue weighted by molar-refractivity contribution is 8.11. The first-order chi connectivity index (χ1) is 9.58. The van der Waals surface area contributed by atoms with Crippen LogP contribution < -0.4 is 10.6 Å². The topological polar surface area (TPSA) is 51.8 Å². The molecule has 2 rings (SSSR count). The number of thiocarbonyl (C=S) groups is 2. The Balaban J connectivity index is 2.14. The predicted molar refractivity (Wildman–Crippen MR) is 91.7 cm³/mol. The molecule has 0 aromatic rings. The summed E-state index contributed by atoms with van der Waals surface area (Å²) in [5, 5.41) is 6.27. The molecule has 3 unspecified atom stereocenters. The second kappa shape index (κ2) is 8.11. The van der Waals surface area contributed by atoms with Crippen molar-refractivity contribution in [3.8, 4) is 0 Å². The van der Waals surface area contributed by atoms with Crippen molar-refractivity contribution in [2.75, 3.05) is 19.8 Å². The molecule has 20 heavy (non-hydrogen) atoms. The molecule has 0 radical (unpaired) electrons. The first-order valence-electron chi connectivity index (χ1n) is 6.41. The molecule has 114 valence electrons. The maximum Gasteiger partial charge on any atom is 0.179 e. The Labute approximate surface area is 140 Å². The van der Waals surface area contributed by atoms with Crippen molar-refractivity contribution in [3.63, 3.8) is 0 Å². The second-order valence-corrected chi connectivity index (χ2v) is 6.93. The fourth-order valence-corrected chi connectivity index (χ4v) is 3.07. The van der Waals surface area contributed by atoms with Gasteiger partial charge in [0.2, 0.25) is 0 Å². The molecule has 0 aliphatic carbocycles. The molecule has 0 bridgehead atoms. The Morgan fingerprint density at radius 3 is 2.05 bits per heavy atom. The quantitative estimate of drug-likeness (QED) is 0.432. The van der Waals surface area contributed by atoms with Gasteiger partial charge in [-0.1, -0.05) is 24.4 Å². The van der Waals surface area contributed by atoms with Gasteiger partial charge < -0.3 is 24.8 Å². The van der Waals surface area contributed by atoms with E-state index in [0.29, 0.717) is 21.9 Å². The average molecular weight is 355 g/mol. The van der Waals surface area contributed by atoms with Gasteiger partial charge in [-0.3, -0.25) is 0 Å². The van der Waals surface area contributed by atoms with Gasteiger partial charge in [-0.05, 0) is 12.8 Å². The second-order valence-electron chi connectivity index (χ2n) is 4.61. The lowest BCUT2D eigenvalue weighted by Gasteiger charge is -2.35. The number of nitrogens with one attached hydrogen (secondary N) is 2. The number of ether oxygens (including phenoxy) is 3. The summed E-state index contributed by atoms with van der Waals surface area (Å²) >= 11 is 18.4. The van der Waals surface area contributed by atoms with E-state index in [1.807, 2.05) is 0 Å². The molecule has 3 atom stereocenters. The molecule has 9 heteroatoms. The van der Waals surface area contributed by atoms with Crippen LogP contribution >= 0.6 is 49.7 Å². The molecule has 2 aliphatic heterocycles. The van der Waals surface area contributed by atoms with Crippen molar-refractivity contribution in [2.45, 2.75) is 37.3 Å². The SMILES string of the molecule is S=C(S)NC(C1CCCO1)C(NC(=S)S)C1OCCO1. The zero-order valence-electron chi connectivity index (χ0n) is 10.8. The smallest absolute Gasteiger partial charge is 0.179 e. The molecule has 2 fully saturated rings. The van der Waals surface area contributed by atoms with E-state index in [9.17, 15) is 0 Å². The molecule has 0 spiro atoms. The molecule has 2 N–H and O–H groups in total. The van der Waals surface area contributed by atoms with Crippen LogP contribution in [0.2, 0.25) is 0 Å². The number of hydrogen-bond donors (Lipinski definition) is 4. The van der Waals surface area contributed by atoms with E-state index in [1.165, 1.54) is 0 Å². The molecule has 0 amide bonds. The van der Waals surface area contributed by atoms with Crippen LogP contribution in [0.3, 0.4) is 0 Å². The normalized spacial score (nSPS) is 26.2. The van der Waals surface area contributed by atoms with Crippen LogP contribution in [-0.4, -0.2) is 52.9 Å². The lowest BCUT2D eigenvalue weighted by atomic mass is 9.99. The van der Waals surface area contributed by atoms with Crippen LogP contribution in [0.1, 0.15) is 12.8 Å². The van der Waals surface area contributed by atoms with Crippen molar-refractivity contribution < 1.29 is 14.2 Å². The van der Waals surface area contributed by atoms with Crippen molar-refractivity contribution in [3.05, 3.63) is 0 Å². The van der Waals surface area contributed by atoms with Crippen molar-refractivity contribution in [1.82, 2.24) is 10.6 Å². The first kappa shape index (κ1) is 16.7. The summed E-state index contributed by atoms with van der Waals surface area (Å²) in [5.74, 6) is 0. The molecule has 0 aromatic carbocycles. The Bertz CT molecular complexity index is 326. The monoisotopic (exact) mass is 354 g/mol. The van der Waals surface area contributed by atoms with E-state index in [4.69, 9.17) is 38.6 Å². The Kier molecular flexibility index (Phi) is 6.79. The molecule has 0 aromatic heterocycles. The summed E-state index contributed by atoms with van der Waals surface area (Å²) in [4.78, 5) is 0. The minimum absolute atomic E-state index is 0.00748. The molecule has 2 heterocycles. The van der Waals surface area contributed by atoms with Crippen LogP contribution in [0.25, 0.3) is 0 Å². The van der Waals surface area contributed by atoms with E-state index in [-0.39, 0.29) is 18.2 Å². The van der Waals surface area contributed by atoms with Gasteiger partial charge in [0.05, 0.1) is 25.4 Å². The minimum atomic E-state index is -0.413. The molecule has 2 aliphatic rings. The summed E-state index contributed by atoms with van der Waals surface area (Å²) in [6, 6.07) is -0.383. The third-order valence-electron chi connectivity index (χ3n) is 3.27. The van der Waals surface area contributed by atoms with Crippen LogP contribution in [0.4, 0.5) is 0 Å². The highest BCUT2D eigenvalue weighted by atomic mass is 32.1. The average Bonchev–Trinajstić information content (AvgIpc) is 3.04. The maximum atomic E-state index is 5.76. The van der Waals surface area contributed by atoms with Crippen LogP contribution in [-0.2, 0) is 14.2 Å². The summed E-state index contributed by atoms with van der Waals surface area (Å²) in [6.07, 6.45) is 1.56. The lowest BCUT2D eigenvalue weighted by molar-refractivity contribution is -0.0807. The van der Waals surface area contributed by atoms with E-state index < -0.39 is 6.29 Å². The van der Waals surface area contributed by atoms with E-state index in [1.54, 1.807) is 0 Å². The Morgan fingerprint density at radius 2 is 1.55 bits per heavy atom. The first-order valence-corrected chi connectivity index (χ1v) is 8.13. The molecule has 2 saturated heterocycles. The predicted octanol–water partition coefficient (Wildman–Crippen LogP) is 0.884. The third kappa shape index (κ3) is 4.69. The third-order valence-corrected chi connectivity index (χ3v) is 3.77. The molecular weight excluding hydrogens is 336 g/mol. The van der Waals surface area contributed by atoms with Gasteiger partial charge in [-0.15, -0.1) is 25.3 Å². The highest BCUT2D eigenvalue weighted by Gasteiger charge is 2.40. The minimum Gasteiger partial charge on any atom is -0.376 e. The Morgan fingerprint density at radius 1 is 0.950 bits per heavy atom. The zero-order valence-corrected chi connectivity index (χ0v) is 14.2. The summed E-state index contributed by atoms with van der Waals surface area (Å²) in [5.41, 5.74) is 0. The number of rotatable bonds is 5. The van der Waals surface area contributed by atoms with Crippen molar-refractivity contribution in [2.24, 2.45) is 0 Å². The van der Waals surface area contributed by atoms with E-state index in [2.05, 4.69) is 35.9 Å². The maximum absolute atomic E-state index is 5.76. The summed E-state index contributed by atoms with van der Waals surface area (Å²) < 4.78 is 17.7. The van der Waals surface area contributed by atoms with Gasteiger partial charge in [0.15, 0.2) is 6.29 Å². The van der Waals surface area contributed by atoms with Crippen LogP contribution in [0.15, 0.2) is 0 Å². The van der Waals surface area contributed by atoms with E-state index >= 15 is 0 Å². The van der Waals surface area contributed by atoms with Crippen LogP contribution in [0.5, 0.6) is 0 Å². The highest BCUT2D eigenvalue weighted by Crippen LogP contribution is 2.22. The van der Waals surface area contributed by atoms with Gasteiger partial charge in [-0.2, -0.15) is 0 Å².